The molecule has 0 radical (unpaired) electrons. The van der Waals surface area contributed by atoms with Crippen LogP contribution in [0.1, 0.15) is 11.1 Å². The summed E-state index contributed by atoms with van der Waals surface area (Å²) in [5.41, 5.74) is 2.03. The van der Waals surface area contributed by atoms with Gasteiger partial charge in [-0.25, -0.2) is 14.1 Å². The van der Waals surface area contributed by atoms with Crippen LogP contribution in [-0.2, 0) is 13.1 Å². The van der Waals surface area contributed by atoms with E-state index < -0.39 is 0 Å². The maximum Gasteiger partial charge on any atom is 0.283 e. The predicted molar refractivity (Wildman–Crippen MR) is 95.6 cm³/mol. The Hall–Kier alpha value is -3.06. The Morgan fingerprint density at radius 3 is 2.62 bits per heavy atom. The minimum absolute atomic E-state index is 0.191. The lowest BCUT2D eigenvalue weighted by atomic mass is 10.2. The number of benzene rings is 2. The van der Waals surface area contributed by atoms with Crippen molar-refractivity contribution in [2.24, 2.45) is 0 Å². The largest absolute Gasteiger partial charge is 0.293 e. The molecular formula is C18H13ClFN5O. The Morgan fingerprint density at radius 1 is 1.04 bits per heavy atom. The van der Waals surface area contributed by atoms with E-state index in [1.807, 2.05) is 12.1 Å². The van der Waals surface area contributed by atoms with Gasteiger partial charge in [0.05, 0.1) is 13.1 Å². The van der Waals surface area contributed by atoms with Gasteiger partial charge in [-0.05, 0) is 35.4 Å². The molecule has 2 aromatic heterocycles. The molecule has 4 rings (SSSR count). The van der Waals surface area contributed by atoms with Gasteiger partial charge < -0.3 is 0 Å². The summed E-state index contributed by atoms with van der Waals surface area (Å²) in [4.78, 5) is 17.0. The van der Waals surface area contributed by atoms with Gasteiger partial charge in [0, 0.05) is 5.02 Å². The summed E-state index contributed by atoms with van der Waals surface area (Å²) >= 11 is 5.98. The molecule has 0 aliphatic rings. The van der Waals surface area contributed by atoms with Crippen LogP contribution in [0.3, 0.4) is 0 Å². The van der Waals surface area contributed by atoms with E-state index in [9.17, 15) is 9.18 Å². The third-order valence-corrected chi connectivity index (χ3v) is 4.21. The fourth-order valence-corrected chi connectivity index (χ4v) is 2.91. The van der Waals surface area contributed by atoms with Crippen molar-refractivity contribution in [3.05, 3.63) is 87.2 Å². The van der Waals surface area contributed by atoms with Crippen LogP contribution in [0.2, 0.25) is 5.02 Å². The molecule has 0 aliphatic heterocycles. The maximum absolute atomic E-state index is 13.0. The Balaban J connectivity index is 1.66. The van der Waals surface area contributed by atoms with Crippen LogP contribution in [-0.4, -0.2) is 24.5 Å². The number of halogens is 2. The molecule has 0 N–H and O–H groups in total. The zero-order valence-corrected chi connectivity index (χ0v) is 14.3. The van der Waals surface area contributed by atoms with Crippen molar-refractivity contribution >= 4 is 22.8 Å². The minimum atomic E-state index is -0.306. The SMILES string of the molecule is O=c1c2nnn(Cc3ccc(F)cc3)c2ncn1Cc1cccc(Cl)c1. The normalized spacial score (nSPS) is 11.2. The highest BCUT2D eigenvalue weighted by molar-refractivity contribution is 6.30. The lowest BCUT2D eigenvalue weighted by molar-refractivity contribution is 0.623. The van der Waals surface area contributed by atoms with Crippen molar-refractivity contribution in [1.82, 2.24) is 24.5 Å². The summed E-state index contributed by atoms with van der Waals surface area (Å²) in [6, 6.07) is 13.3. The zero-order valence-electron chi connectivity index (χ0n) is 13.5. The Kier molecular flexibility index (Phi) is 4.22. The summed E-state index contributed by atoms with van der Waals surface area (Å²) in [7, 11) is 0. The lowest BCUT2D eigenvalue weighted by Gasteiger charge is -2.06. The third kappa shape index (κ3) is 3.21. The minimum Gasteiger partial charge on any atom is -0.293 e. The Bertz CT molecular complexity index is 1140. The van der Waals surface area contributed by atoms with Crippen LogP contribution >= 0.6 is 11.6 Å². The second kappa shape index (κ2) is 6.68. The van der Waals surface area contributed by atoms with Crippen molar-refractivity contribution in [2.75, 3.05) is 0 Å². The zero-order chi connectivity index (χ0) is 18.1. The van der Waals surface area contributed by atoms with Crippen LogP contribution in [0.25, 0.3) is 11.2 Å². The Labute approximate surface area is 152 Å². The smallest absolute Gasteiger partial charge is 0.283 e. The number of hydrogen-bond donors (Lipinski definition) is 0. The van der Waals surface area contributed by atoms with E-state index in [0.29, 0.717) is 23.8 Å². The molecule has 4 aromatic rings. The molecule has 0 atom stereocenters. The van der Waals surface area contributed by atoms with Gasteiger partial charge in [-0.2, -0.15) is 0 Å². The van der Waals surface area contributed by atoms with Crippen molar-refractivity contribution in [3.8, 4) is 0 Å². The summed E-state index contributed by atoms with van der Waals surface area (Å²) in [5, 5.41) is 8.59. The molecule has 6 nitrogen and oxygen atoms in total. The predicted octanol–water partition coefficient (Wildman–Crippen LogP) is 2.88. The molecule has 0 aliphatic carbocycles. The number of aromatic nitrogens is 5. The maximum atomic E-state index is 13.0. The molecule has 0 unspecified atom stereocenters. The average Bonchev–Trinajstić information content (AvgIpc) is 3.03. The molecule has 0 bridgehead atoms. The van der Waals surface area contributed by atoms with Crippen molar-refractivity contribution in [3.63, 3.8) is 0 Å². The first kappa shape index (κ1) is 16.4. The highest BCUT2D eigenvalue weighted by atomic mass is 35.5. The van der Waals surface area contributed by atoms with Crippen LogP contribution < -0.4 is 5.56 Å². The molecule has 0 saturated carbocycles. The highest BCUT2D eigenvalue weighted by Crippen LogP contribution is 2.12. The van der Waals surface area contributed by atoms with Gasteiger partial charge in [-0.3, -0.25) is 9.36 Å². The number of rotatable bonds is 4. The fraction of sp³-hybridized carbons (Fsp3) is 0.111. The van der Waals surface area contributed by atoms with Gasteiger partial charge in [-0.1, -0.05) is 41.1 Å². The molecule has 2 heterocycles. The summed E-state index contributed by atoms with van der Waals surface area (Å²) in [5.74, 6) is -0.306. The number of fused-ring (bicyclic) bond motifs is 1. The van der Waals surface area contributed by atoms with Gasteiger partial charge >= 0.3 is 0 Å². The third-order valence-electron chi connectivity index (χ3n) is 3.98. The van der Waals surface area contributed by atoms with E-state index in [1.165, 1.54) is 27.7 Å². The van der Waals surface area contributed by atoms with Crippen LogP contribution in [0.15, 0.2) is 59.7 Å². The molecule has 8 heteroatoms. The first-order valence-corrected chi connectivity index (χ1v) is 8.25. The lowest BCUT2D eigenvalue weighted by Crippen LogP contribution is -2.21. The quantitative estimate of drug-likeness (QED) is 0.555. The van der Waals surface area contributed by atoms with Gasteiger partial charge in [0.25, 0.3) is 5.56 Å². The molecule has 130 valence electrons. The Morgan fingerprint density at radius 2 is 1.85 bits per heavy atom. The standard InChI is InChI=1S/C18H13ClFN5O/c19-14-3-1-2-13(8-14)9-24-11-21-17-16(18(24)26)22-23-25(17)10-12-4-6-15(20)7-5-12/h1-8,11H,9-10H2. The fourth-order valence-electron chi connectivity index (χ4n) is 2.70. The number of nitrogens with zero attached hydrogens (tertiary/aromatic N) is 5. The molecule has 0 amide bonds. The van der Waals surface area contributed by atoms with Gasteiger partial charge in [0.15, 0.2) is 11.2 Å². The monoisotopic (exact) mass is 369 g/mol. The summed E-state index contributed by atoms with van der Waals surface area (Å²) < 4.78 is 16.0. The number of hydrogen-bond acceptors (Lipinski definition) is 4. The van der Waals surface area contributed by atoms with E-state index >= 15 is 0 Å². The van der Waals surface area contributed by atoms with Crippen LogP contribution in [0.4, 0.5) is 4.39 Å². The molecular weight excluding hydrogens is 357 g/mol. The van der Waals surface area contributed by atoms with Crippen molar-refractivity contribution in [1.29, 1.82) is 0 Å². The van der Waals surface area contributed by atoms with E-state index in [4.69, 9.17) is 11.6 Å². The highest BCUT2D eigenvalue weighted by Gasteiger charge is 2.12. The van der Waals surface area contributed by atoms with E-state index in [1.54, 1.807) is 24.3 Å². The first-order valence-electron chi connectivity index (χ1n) is 7.88. The molecule has 0 fully saturated rings. The average molecular weight is 370 g/mol. The van der Waals surface area contributed by atoms with Crippen LogP contribution in [0, 0.1) is 5.82 Å². The van der Waals surface area contributed by atoms with Crippen molar-refractivity contribution < 1.29 is 4.39 Å². The molecule has 0 spiro atoms. The summed E-state index contributed by atoms with van der Waals surface area (Å²) in [6.45, 7) is 0.689. The molecule has 0 saturated heterocycles. The summed E-state index contributed by atoms with van der Waals surface area (Å²) in [6.07, 6.45) is 1.47. The molecule has 2 aromatic carbocycles. The van der Waals surface area contributed by atoms with Crippen molar-refractivity contribution in [2.45, 2.75) is 13.1 Å². The van der Waals surface area contributed by atoms with Gasteiger partial charge in [-0.15, -0.1) is 5.10 Å². The molecule has 26 heavy (non-hydrogen) atoms. The first-order chi connectivity index (χ1) is 12.6. The van der Waals surface area contributed by atoms with Crippen LogP contribution in [0.5, 0.6) is 0 Å². The van der Waals surface area contributed by atoms with Gasteiger partial charge in [0.1, 0.15) is 12.1 Å². The van der Waals surface area contributed by atoms with E-state index in [-0.39, 0.29) is 16.9 Å². The second-order valence-electron chi connectivity index (χ2n) is 5.85. The second-order valence-corrected chi connectivity index (χ2v) is 6.29. The topological polar surface area (TPSA) is 65.6 Å². The van der Waals surface area contributed by atoms with E-state index in [0.717, 1.165) is 11.1 Å². The van der Waals surface area contributed by atoms with Gasteiger partial charge in [0.2, 0.25) is 0 Å². The van der Waals surface area contributed by atoms with E-state index in [2.05, 4.69) is 15.3 Å².